The van der Waals surface area contributed by atoms with Crippen molar-refractivity contribution in [3.63, 3.8) is 0 Å². The van der Waals surface area contributed by atoms with Gasteiger partial charge in [0.2, 0.25) is 5.91 Å². The zero-order valence-corrected chi connectivity index (χ0v) is 10.5. The van der Waals surface area contributed by atoms with Crippen LogP contribution in [0.15, 0.2) is 22.8 Å². The summed E-state index contributed by atoms with van der Waals surface area (Å²) in [6, 6.07) is 3.82. The molecular formula is C12H21N3O2. The molecule has 5 heteroatoms. The minimum atomic E-state index is 0.0360. The molecule has 17 heavy (non-hydrogen) atoms. The SMILES string of the molecule is CN(C)C(CNC(=O)CCCN)c1ccco1. The fraction of sp³-hybridized carbons (Fsp3) is 0.583. The highest BCUT2D eigenvalue weighted by atomic mass is 16.3. The van der Waals surface area contributed by atoms with Gasteiger partial charge in [0.25, 0.3) is 0 Å². The van der Waals surface area contributed by atoms with Crippen LogP contribution in [0.4, 0.5) is 0 Å². The van der Waals surface area contributed by atoms with Gasteiger partial charge in [0.05, 0.1) is 12.3 Å². The van der Waals surface area contributed by atoms with Crippen LogP contribution in [-0.4, -0.2) is 38.0 Å². The van der Waals surface area contributed by atoms with Gasteiger partial charge in [0, 0.05) is 13.0 Å². The smallest absolute Gasteiger partial charge is 0.220 e. The molecule has 0 spiro atoms. The summed E-state index contributed by atoms with van der Waals surface area (Å²) in [5.74, 6) is 0.892. The van der Waals surface area contributed by atoms with E-state index in [2.05, 4.69) is 5.32 Å². The van der Waals surface area contributed by atoms with Crippen LogP contribution in [0, 0.1) is 0 Å². The van der Waals surface area contributed by atoms with E-state index in [-0.39, 0.29) is 11.9 Å². The Morgan fingerprint density at radius 1 is 1.59 bits per heavy atom. The summed E-state index contributed by atoms with van der Waals surface area (Å²) >= 11 is 0. The van der Waals surface area contributed by atoms with Crippen LogP contribution < -0.4 is 11.1 Å². The van der Waals surface area contributed by atoms with Crippen molar-refractivity contribution >= 4 is 5.91 Å². The van der Waals surface area contributed by atoms with Crippen molar-refractivity contribution < 1.29 is 9.21 Å². The Hall–Kier alpha value is -1.33. The maximum absolute atomic E-state index is 11.5. The molecule has 96 valence electrons. The van der Waals surface area contributed by atoms with E-state index in [9.17, 15) is 4.79 Å². The van der Waals surface area contributed by atoms with Crippen LogP contribution >= 0.6 is 0 Å². The molecule has 0 aliphatic carbocycles. The van der Waals surface area contributed by atoms with Crippen LogP contribution in [0.2, 0.25) is 0 Å². The molecule has 0 aliphatic rings. The van der Waals surface area contributed by atoms with Gasteiger partial charge >= 0.3 is 0 Å². The molecular weight excluding hydrogens is 218 g/mol. The van der Waals surface area contributed by atoms with Crippen molar-refractivity contribution in [2.24, 2.45) is 5.73 Å². The first-order chi connectivity index (χ1) is 8.15. The quantitative estimate of drug-likeness (QED) is 0.736. The summed E-state index contributed by atoms with van der Waals surface area (Å²) in [7, 11) is 3.92. The molecule has 0 bridgehead atoms. The molecule has 0 fully saturated rings. The molecule has 1 amide bonds. The molecule has 1 aromatic rings. The highest BCUT2D eigenvalue weighted by Crippen LogP contribution is 2.17. The lowest BCUT2D eigenvalue weighted by Crippen LogP contribution is -2.34. The van der Waals surface area contributed by atoms with E-state index in [1.54, 1.807) is 6.26 Å². The van der Waals surface area contributed by atoms with E-state index in [0.717, 1.165) is 12.2 Å². The van der Waals surface area contributed by atoms with E-state index in [1.165, 1.54) is 0 Å². The van der Waals surface area contributed by atoms with Gasteiger partial charge in [-0.3, -0.25) is 9.69 Å². The van der Waals surface area contributed by atoms with Crippen molar-refractivity contribution in [1.29, 1.82) is 0 Å². The maximum Gasteiger partial charge on any atom is 0.220 e. The second kappa shape index (κ2) is 7.09. The van der Waals surface area contributed by atoms with Gasteiger partial charge in [-0.25, -0.2) is 0 Å². The lowest BCUT2D eigenvalue weighted by Gasteiger charge is -2.22. The molecule has 1 rings (SSSR count). The second-order valence-corrected chi connectivity index (χ2v) is 4.19. The highest BCUT2D eigenvalue weighted by molar-refractivity contribution is 5.75. The third-order valence-corrected chi connectivity index (χ3v) is 2.60. The number of nitrogens with zero attached hydrogens (tertiary/aromatic N) is 1. The Balaban J connectivity index is 2.43. The Kier molecular flexibility index (Phi) is 5.72. The molecule has 1 aromatic heterocycles. The third kappa shape index (κ3) is 4.58. The monoisotopic (exact) mass is 239 g/mol. The number of amides is 1. The standard InChI is InChI=1S/C12H21N3O2/c1-15(2)10(11-5-4-8-17-11)9-14-12(16)6-3-7-13/h4-5,8,10H,3,6-7,9,13H2,1-2H3,(H,14,16). The van der Waals surface area contributed by atoms with Gasteiger partial charge in [0.15, 0.2) is 0 Å². The normalized spacial score (nSPS) is 12.7. The molecule has 1 atom stereocenters. The summed E-state index contributed by atoms with van der Waals surface area (Å²) in [5.41, 5.74) is 5.35. The minimum absolute atomic E-state index is 0.0360. The number of furan rings is 1. The van der Waals surface area contributed by atoms with Gasteiger partial charge in [-0.2, -0.15) is 0 Å². The Labute approximate surface area is 102 Å². The number of hydrogen-bond donors (Lipinski definition) is 2. The average Bonchev–Trinajstić information content (AvgIpc) is 2.79. The summed E-state index contributed by atoms with van der Waals surface area (Å²) < 4.78 is 5.36. The van der Waals surface area contributed by atoms with Gasteiger partial charge in [0.1, 0.15) is 5.76 Å². The number of likely N-dealkylation sites (N-methyl/N-ethyl adjacent to an activating group) is 1. The molecule has 0 aliphatic heterocycles. The summed E-state index contributed by atoms with van der Waals surface area (Å²) in [6.07, 6.45) is 2.84. The van der Waals surface area contributed by atoms with Crippen molar-refractivity contribution in [3.8, 4) is 0 Å². The zero-order chi connectivity index (χ0) is 12.7. The number of carbonyl (C=O) groups is 1. The maximum atomic E-state index is 11.5. The first-order valence-electron chi connectivity index (χ1n) is 5.81. The third-order valence-electron chi connectivity index (χ3n) is 2.60. The van der Waals surface area contributed by atoms with Gasteiger partial charge in [-0.05, 0) is 39.2 Å². The van der Waals surface area contributed by atoms with Crippen LogP contribution in [-0.2, 0) is 4.79 Å². The van der Waals surface area contributed by atoms with Crippen molar-refractivity contribution in [3.05, 3.63) is 24.2 Å². The second-order valence-electron chi connectivity index (χ2n) is 4.19. The number of rotatable bonds is 7. The Morgan fingerprint density at radius 2 is 2.35 bits per heavy atom. The van der Waals surface area contributed by atoms with E-state index in [1.807, 2.05) is 31.1 Å². The first-order valence-corrected chi connectivity index (χ1v) is 5.81. The number of nitrogens with one attached hydrogen (secondary N) is 1. The van der Waals surface area contributed by atoms with E-state index >= 15 is 0 Å². The van der Waals surface area contributed by atoms with Crippen LogP contribution in [0.3, 0.4) is 0 Å². The Morgan fingerprint density at radius 3 is 2.88 bits per heavy atom. The molecule has 5 nitrogen and oxygen atoms in total. The number of hydrogen-bond acceptors (Lipinski definition) is 4. The minimum Gasteiger partial charge on any atom is -0.468 e. The van der Waals surface area contributed by atoms with Crippen molar-refractivity contribution in [2.45, 2.75) is 18.9 Å². The summed E-state index contributed by atoms with van der Waals surface area (Å²) in [5, 5.41) is 2.89. The zero-order valence-electron chi connectivity index (χ0n) is 10.5. The fourth-order valence-electron chi connectivity index (χ4n) is 1.58. The lowest BCUT2D eigenvalue weighted by molar-refractivity contribution is -0.121. The topological polar surface area (TPSA) is 71.5 Å². The summed E-state index contributed by atoms with van der Waals surface area (Å²) in [4.78, 5) is 13.5. The molecule has 3 N–H and O–H groups in total. The van der Waals surface area contributed by atoms with Crippen molar-refractivity contribution in [1.82, 2.24) is 10.2 Å². The lowest BCUT2D eigenvalue weighted by atomic mass is 10.2. The molecule has 0 saturated carbocycles. The largest absolute Gasteiger partial charge is 0.468 e. The molecule has 0 saturated heterocycles. The van der Waals surface area contributed by atoms with Crippen LogP contribution in [0.25, 0.3) is 0 Å². The van der Waals surface area contributed by atoms with Crippen LogP contribution in [0.5, 0.6) is 0 Å². The van der Waals surface area contributed by atoms with E-state index < -0.39 is 0 Å². The van der Waals surface area contributed by atoms with Crippen molar-refractivity contribution in [2.75, 3.05) is 27.2 Å². The van der Waals surface area contributed by atoms with E-state index in [0.29, 0.717) is 19.5 Å². The highest BCUT2D eigenvalue weighted by Gasteiger charge is 2.17. The Bertz CT molecular complexity index is 323. The summed E-state index contributed by atoms with van der Waals surface area (Å²) in [6.45, 7) is 1.09. The number of nitrogens with two attached hydrogens (primary N) is 1. The van der Waals surface area contributed by atoms with Gasteiger partial charge in [-0.1, -0.05) is 0 Å². The molecule has 0 aromatic carbocycles. The van der Waals surface area contributed by atoms with Crippen LogP contribution in [0.1, 0.15) is 24.6 Å². The first kappa shape index (κ1) is 13.7. The predicted octanol–water partition coefficient (Wildman–Crippen LogP) is 0.737. The van der Waals surface area contributed by atoms with Gasteiger partial charge in [-0.15, -0.1) is 0 Å². The molecule has 1 heterocycles. The predicted molar refractivity (Wildman–Crippen MR) is 66.4 cm³/mol. The van der Waals surface area contributed by atoms with Gasteiger partial charge < -0.3 is 15.5 Å². The molecule has 0 radical (unpaired) electrons. The number of carbonyl (C=O) groups excluding carboxylic acids is 1. The average molecular weight is 239 g/mol. The van der Waals surface area contributed by atoms with E-state index in [4.69, 9.17) is 10.2 Å². The molecule has 1 unspecified atom stereocenters. The fourth-order valence-corrected chi connectivity index (χ4v) is 1.58.